The van der Waals surface area contributed by atoms with Crippen molar-refractivity contribution in [2.45, 2.75) is 44.8 Å². The molecule has 3 nitrogen and oxygen atoms in total. The molecule has 1 aliphatic carbocycles. The van der Waals surface area contributed by atoms with E-state index in [4.69, 9.17) is 16.2 Å². The van der Waals surface area contributed by atoms with E-state index in [9.17, 15) is 13.2 Å². The molecule has 0 saturated heterocycles. The van der Waals surface area contributed by atoms with Gasteiger partial charge in [-0.15, -0.1) is 0 Å². The van der Waals surface area contributed by atoms with Crippen molar-refractivity contribution in [3.05, 3.63) is 46.8 Å². The molecular formula is C16H16F3NO2. The molecule has 2 atom stereocenters. The minimum atomic E-state index is -4.30. The van der Waals surface area contributed by atoms with E-state index in [1.165, 1.54) is 12.1 Å². The standard InChI is InChI=1S/C15H16F3N.CO2/c1-13(2,3)14(19-4)9-12(14)10-5-7-11(8-6-10)15(16,17)18;2-1-3/h5-8,12H,9H2,1-3H3;/t12-,14-;/m0./s1. The van der Waals surface area contributed by atoms with Gasteiger partial charge in [-0.3, -0.25) is 0 Å². The summed E-state index contributed by atoms with van der Waals surface area (Å²) in [6.45, 7) is 13.4. The van der Waals surface area contributed by atoms with Gasteiger partial charge in [0.25, 0.3) is 0 Å². The maximum Gasteiger partial charge on any atom is 0.416 e. The molecule has 1 aromatic carbocycles. The third-order valence-electron chi connectivity index (χ3n) is 4.07. The predicted octanol–water partition coefficient (Wildman–Crippen LogP) is 4.31. The van der Waals surface area contributed by atoms with Gasteiger partial charge in [0.15, 0.2) is 0 Å². The maximum atomic E-state index is 12.5. The van der Waals surface area contributed by atoms with E-state index >= 15 is 0 Å². The highest BCUT2D eigenvalue weighted by Crippen LogP contribution is 2.63. The van der Waals surface area contributed by atoms with Crippen molar-refractivity contribution in [1.82, 2.24) is 0 Å². The number of nitrogens with zero attached hydrogens (tertiary/aromatic N) is 1. The summed E-state index contributed by atoms with van der Waals surface area (Å²) in [5, 5.41) is 0. The molecular weight excluding hydrogens is 295 g/mol. The fourth-order valence-electron chi connectivity index (χ4n) is 2.67. The molecule has 0 radical (unpaired) electrons. The SMILES string of the molecule is O=C=O.[C-]#[N+][C@@]1(C(C)(C)C)C[C@H]1c1ccc(C(F)(F)F)cc1. The molecule has 0 unspecified atom stereocenters. The van der Waals surface area contributed by atoms with Crippen molar-refractivity contribution in [3.8, 4) is 0 Å². The Balaban J connectivity index is 0.000000745. The van der Waals surface area contributed by atoms with Crippen LogP contribution < -0.4 is 0 Å². The highest BCUT2D eigenvalue weighted by Gasteiger charge is 2.69. The van der Waals surface area contributed by atoms with E-state index in [0.29, 0.717) is 0 Å². The molecule has 0 amide bonds. The number of carbonyl (C=O) groups excluding carboxylic acids is 2. The zero-order chi connectivity index (χ0) is 17.2. The molecule has 1 aliphatic rings. The van der Waals surface area contributed by atoms with Crippen LogP contribution in [0.5, 0.6) is 0 Å². The summed E-state index contributed by atoms with van der Waals surface area (Å²) in [7, 11) is 0. The Hall–Kier alpha value is -2.12. The van der Waals surface area contributed by atoms with E-state index in [1.54, 1.807) is 0 Å². The van der Waals surface area contributed by atoms with Gasteiger partial charge in [-0.2, -0.15) is 22.8 Å². The van der Waals surface area contributed by atoms with E-state index < -0.39 is 17.3 Å². The smallest absolute Gasteiger partial charge is 0.309 e. The van der Waals surface area contributed by atoms with Gasteiger partial charge in [0.1, 0.15) is 0 Å². The Morgan fingerprint density at radius 2 is 1.64 bits per heavy atom. The Morgan fingerprint density at radius 3 is 1.91 bits per heavy atom. The lowest BCUT2D eigenvalue weighted by molar-refractivity contribution is -0.191. The predicted molar refractivity (Wildman–Crippen MR) is 72.6 cm³/mol. The Bertz CT molecular complexity index is 602. The van der Waals surface area contributed by atoms with Gasteiger partial charge in [0.05, 0.1) is 11.5 Å². The van der Waals surface area contributed by atoms with E-state index in [0.717, 1.165) is 24.1 Å². The molecule has 2 rings (SSSR count). The van der Waals surface area contributed by atoms with Crippen molar-refractivity contribution in [2.24, 2.45) is 5.41 Å². The second-order valence-corrected chi connectivity index (χ2v) is 6.25. The van der Waals surface area contributed by atoms with Gasteiger partial charge in [-0.05, 0) is 17.7 Å². The second kappa shape index (κ2) is 5.94. The average molecular weight is 311 g/mol. The molecule has 0 N–H and O–H groups in total. The number of alkyl halides is 3. The minimum absolute atomic E-state index is 0.0484. The van der Waals surface area contributed by atoms with Crippen LogP contribution in [0.3, 0.4) is 0 Å². The highest BCUT2D eigenvalue weighted by molar-refractivity contribution is 5.40. The van der Waals surface area contributed by atoms with Gasteiger partial charge in [0.2, 0.25) is 5.54 Å². The molecule has 0 aromatic heterocycles. The number of hydrogen-bond acceptors (Lipinski definition) is 2. The molecule has 1 aromatic rings. The van der Waals surface area contributed by atoms with E-state index in [1.807, 2.05) is 20.8 Å². The van der Waals surface area contributed by atoms with Gasteiger partial charge < -0.3 is 4.85 Å². The lowest BCUT2D eigenvalue weighted by Crippen LogP contribution is -2.26. The van der Waals surface area contributed by atoms with Crippen molar-refractivity contribution < 1.29 is 22.8 Å². The molecule has 1 saturated carbocycles. The largest absolute Gasteiger partial charge is 0.416 e. The van der Waals surface area contributed by atoms with Crippen LogP contribution >= 0.6 is 0 Å². The zero-order valence-corrected chi connectivity index (χ0v) is 12.5. The van der Waals surface area contributed by atoms with Crippen LogP contribution in [0.15, 0.2) is 24.3 Å². The molecule has 118 valence electrons. The maximum absolute atomic E-state index is 12.5. The first-order valence-electron chi connectivity index (χ1n) is 6.58. The first-order chi connectivity index (χ1) is 10.0. The first-order valence-corrected chi connectivity index (χ1v) is 6.58. The van der Waals surface area contributed by atoms with Crippen LogP contribution in [0.4, 0.5) is 13.2 Å². The van der Waals surface area contributed by atoms with Crippen LogP contribution in [0.1, 0.15) is 44.2 Å². The van der Waals surface area contributed by atoms with E-state index in [-0.39, 0.29) is 17.5 Å². The second-order valence-electron chi connectivity index (χ2n) is 6.25. The summed E-state index contributed by atoms with van der Waals surface area (Å²) in [5.74, 6) is 0.0484. The number of rotatable bonds is 1. The van der Waals surface area contributed by atoms with Crippen molar-refractivity contribution >= 4 is 6.15 Å². The first kappa shape index (κ1) is 17.9. The summed E-state index contributed by atoms with van der Waals surface area (Å²) >= 11 is 0. The summed E-state index contributed by atoms with van der Waals surface area (Å²) in [6, 6.07) is 5.22. The van der Waals surface area contributed by atoms with E-state index in [2.05, 4.69) is 4.85 Å². The van der Waals surface area contributed by atoms with Gasteiger partial charge in [-0.25, -0.2) is 6.57 Å². The molecule has 22 heavy (non-hydrogen) atoms. The number of benzene rings is 1. The minimum Gasteiger partial charge on any atom is -0.309 e. The average Bonchev–Trinajstić information content (AvgIpc) is 3.14. The highest BCUT2D eigenvalue weighted by atomic mass is 19.4. The van der Waals surface area contributed by atoms with Crippen LogP contribution in [0.25, 0.3) is 4.85 Å². The van der Waals surface area contributed by atoms with Gasteiger partial charge in [-0.1, -0.05) is 32.9 Å². The summed E-state index contributed by atoms with van der Waals surface area (Å²) < 4.78 is 37.5. The third-order valence-corrected chi connectivity index (χ3v) is 4.07. The van der Waals surface area contributed by atoms with Crippen LogP contribution in [-0.4, -0.2) is 11.7 Å². The monoisotopic (exact) mass is 311 g/mol. The zero-order valence-electron chi connectivity index (χ0n) is 12.5. The summed E-state index contributed by atoms with van der Waals surface area (Å²) in [5.41, 5.74) is -0.436. The Labute approximate surface area is 127 Å². The lowest BCUT2D eigenvalue weighted by atomic mass is 9.82. The molecule has 6 heteroatoms. The summed E-state index contributed by atoms with van der Waals surface area (Å²) in [6.07, 6.45) is -3.33. The molecule has 0 spiro atoms. The van der Waals surface area contributed by atoms with Crippen LogP contribution in [-0.2, 0) is 15.8 Å². The molecule has 0 bridgehead atoms. The van der Waals surface area contributed by atoms with Crippen LogP contribution in [0.2, 0.25) is 0 Å². The van der Waals surface area contributed by atoms with Crippen molar-refractivity contribution in [1.29, 1.82) is 0 Å². The lowest BCUT2D eigenvalue weighted by Gasteiger charge is -2.21. The van der Waals surface area contributed by atoms with Crippen molar-refractivity contribution in [2.75, 3.05) is 0 Å². The normalized spacial score (nSPS) is 23.6. The molecule has 1 fully saturated rings. The number of halogens is 3. The molecule has 0 heterocycles. The quantitative estimate of drug-likeness (QED) is 0.725. The number of hydrogen-bond donors (Lipinski definition) is 0. The Kier molecular flexibility index (Phi) is 4.84. The summed E-state index contributed by atoms with van der Waals surface area (Å²) in [4.78, 5) is 20.0. The molecule has 0 aliphatic heterocycles. The van der Waals surface area contributed by atoms with Gasteiger partial charge in [0, 0.05) is 11.8 Å². The third kappa shape index (κ3) is 3.37. The van der Waals surface area contributed by atoms with Crippen LogP contribution in [0, 0.1) is 12.0 Å². The van der Waals surface area contributed by atoms with Gasteiger partial charge >= 0.3 is 12.3 Å². The van der Waals surface area contributed by atoms with Crippen molar-refractivity contribution in [3.63, 3.8) is 0 Å². The fraction of sp³-hybridized carbons (Fsp3) is 0.500. The topological polar surface area (TPSA) is 38.5 Å². The fourth-order valence-corrected chi connectivity index (χ4v) is 2.67. The Morgan fingerprint density at radius 1 is 1.18 bits per heavy atom.